The van der Waals surface area contributed by atoms with E-state index in [9.17, 15) is 12.8 Å². The summed E-state index contributed by atoms with van der Waals surface area (Å²) in [5, 5.41) is -0.577. The molecular formula is C9H10ClFN2O2S. The number of halogens is 2. The summed E-state index contributed by atoms with van der Waals surface area (Å²) < 4.78 is 39.2. The molecule has 0 aliphatic heterocycles. The molecule has 0 bridgehead atoms. The van der Waals surface area contributed by atoms with Gasteiger partial charge in [0.05, 0.1) is 0 Å². The molecule has 1 heterocycles. The molecule has 1 saturated carbocycles. The monoisotopic (exact) mass is 264 g/mol. The van der Waals surface area contributed by atoms with Gasteiger partial charge >= 0.3 is 0 Å². The van der Waals surface area contributed by atoms with Crippen molar-refractivity contribution in [2.24, 2.45) is 0 Å². The van der Waals surface area contributed by atoms with Crippen LogP contribution in [0, 0.1) is 5.82 Å². The van der Waals surface area contributed by atoms with Gasteiger partial charge in [0.15, 0.2) is 5.82 Å². The first-order chi connectivity index (χ1) is 7.49. The van der Waals surface area contributed by atoms with Crippen molar-refractivity contribution in [1.29, 1.82) is 0 Å². The Morgan fingerprint density at radius 3 is 2.75 bits per heavy atom. The zero-order chi connectivity index (χ0) is 11.8. The maximum absolute atomic E-state index is 13.3. The first-order valence-corrected chi connectivity index (χ1v) is 6.71. The van der Waals surface area contributed by atoms with Crippen LogP contribution in [0.3, 0.4) is 0 Å². The van der Waals surface area contributed by atoms with Crippen molar-refractivity contribution in [3.05, 3.63) is 24.1 Å². The number of hydrogen-bond acceptors (Lipinski definition) is 3. The Morgan fingerprint density at radius 2 is 2.25 bits per heavy atom. The molecule has 1 aromatic rings. The molecule has 0 amide bonds. The molecule has 4 nitrogen and oxygen atoms in total. The molecule has 88 valence electrons. The highest BCUT2D eigenvalue weighted by Crippen LogP contribution is 2.37. The molecule has 0 spiro atoms. The summed E-state index contributed by atoms with van der Waals surface area (Å²) in [7, 11) is -3.92. The Hall–Kier alpha value is -0.720. The number of sulfonamides is 1. The molecule has 0 radical (unpaired) electrons. The van der Waals surface area contributed by atoms with E-state index in [-0.39, 0.29) is 5.88 Å². The molecule has 1 aliphatic carbocycles. The maximum atomic E-state index is 13.3. The van der Waals surface area contributed by atoms with Crippen molar-refractivity contribution >= 4 is 21.6 Å². The number of hydrogen-bond donors (Lipinski definition) is 1. The summed E-state index contributed by atoms with van der Waals surface area (Å²) in [5.74, 6) is -0.680. The number of alkyl halides is 1. The van der Waals surface area contributed by atoms with Crippen molar-refractivity contribution in [2.75, 3.05) is 5.88 Å². The Balaban J connectivity index is 2.30. The summed E-state index contributed by atoms with van der Waals surface area (Å²) in [6.45, 7) is 0. The lowest BCUT2D eigenvalue weighted by Gasteiger charge is -2.13. The van der Waals surface area contributed by atoms with Gasteiger partial charge in [-0.25, -0.2) is 22.5 Å². The second-order valence-electron chi connectivity index (χ2n) is 3.81. The number of nitrogens with zero attached hydrogens (tertiary/aromatic N) is 1. The molecule has 0 unspecified atom stereocenters. The molecule has 1 N–H and O–H groups in total. The van der Waals surface area contributed by atoms with Crippen LogP contribution in [0.15, 0.2) is 23.4 Å². The number of rotatable bonds is 4. The summed E-state index contributed by atoms with van der Waals surface area (Å²) in [6.07, 6.45) is 2.58. The predicted molar refractivity (Wildman–Crippen MR) is 57.2 cm³/mol. The molecule has 1 fully saturated rings. The van der Waals surface area contributed by atoms with E-state index in [1.165, 1.54) is 12.3 Å². The highest BCUT2D eigenvalue weighted by molar-refractivity contribution is 7.89. The lowest BCUT2D eigenvalue weighted by Crippen LogP contribution is -2.38. The standard InChI is InChI=1S/C9H10ClFN2O2S/c10-6-9(3-4-9)13-16(14,15)8-7(11)2-1-5-12-8/h1-2,5,13H,3-4,6H2. The van der Waals surface area contributed by atoms with E-state index in [0.717, 1.165) is 6.07 Å². The average Bonchev–Trinajstić information content (AvgIpc) is 2.98. The van der Waals surface area contributed by atoms with Gasteiger partial charge in [-0.05, 0) is 25.0 Å². The molecule has 1 aromatic heterocycles. The molecule has 16 heavy (non-hydrogen) atoms. The topological polar surface area (TPSA) is 59.1 Å². The SMILES string of the molecule is O=S(=O)(NC1(CCl)CC1)c1ncccc1F. The van der Waals surface area contributed by atoms with Crippen LogP contribution in [0.1, 0.15) is 12.8 Å². The molecule has 0 atom stereocenters. The van der Waals surface area contributed by atoms with Crippen LogP contribution in [0.4, 0.5) is 4.39 Å². The van der Waals surface area contributed by atoms with E-state index in [2.05, 4.69) is 9.71 Å². The van der Waals surface area contributed by atoms with Gasteiger partial charge in [-0.3, -0.25) is 0 Å². The second kappa shape index (κ2) is 3.94. The quantitative estimate of drug-likeness (QED) is 0.833. The van der Waals surface area contributed by atoms with E-state index in [1.54, 1.807) is 0 Å². The number of pyridine rings is 1. The smallest absolute Gasteiger partial charge is 0.241 e. The Kier molecular flexibility index (Phi) is 2.90. The van der Waals surface area contributed by atoms with Gasteiger partial charge in [0.25, 0.3) is 10.0 Å². The van der Waals surface area contributed by atoms with Crippen molar-refractivity contribution in [1.82, 2.24) is 9.71 Å². The van der Waals surface area contributed by atoms with Crippen molar-refractivity contribution in [3.8, 4) is 0 Å². The third kappa shape index (κ3) is 2.18. The third-order valence-electron chi connectivity index (χ3n) is 2.44. The van der Waals surface area contributed by atoms with Crippen LogP contribution in [0.25, 0.3) is 0 Å². The molecule has 0 aromatic carbocycles. The van der Waals surface area contributed by atoms with Gasteiger partial charge in [-0.1, -0.05) is 0 Å². The summed E-state index contributed by atoms with van der Waals surface area (Å²) >= 11 is 5.65. The van der Waals surface area contributed by atoms with E-state index >= 15 is 0 Å². The van der Waals surface area contributed by atoms with Gasteiger partial charge in [-0.2, -0.15) is 0 Å². The molecule has 2 rings (SSSR count). The van der Waals surface area contributed by atoms with E-state index in [4.69, 9.17) is 11.6 Å². The molecule has 0 saturated heterocycles. The second-order valence-corrected chi connectivity index (χ2v) is 5.67. The summed E-state index contributed by atoms with van der Waals surface area (Å²) in [5.41, 5.74) is -0.607. The van der Waals surface area contributed by atoms with Crippen LogP contribution in [0.5, 0.6) is 0 Å². The lowest BCUT2D eigenvalue weighted by molar-refractivity contribution is 0.531. The Labute approximate surface area is 97.9 Å². The number of nitrogens with one attached hydrogen (secondary N) is 1. The van der Waals surface area contributed by atoms with Gasteiger partial charge in [0.1, 0.15) is 0 Å². The highest BCUT2D eigenvalue weighted by atomic mass is 35.5. The molecule has 7 heteroatoms. The van der Waals surface area contributed by atoms with E-state index in [1.807, 2.05) is 0 Å². The number of aromatic nitrogens is 1. The first kappa shape index (κ1) is 11.8. The van der Waals surface area contributed by atoms with Crippen molar-refractivity contribution < 1.29 is 12.8 Å². The normalized spacial score (nSPS) is 18.4. The fourth-order valence-corrected chi connectivity index (χ4v) is 3.20. The average molecular weight is 265 g/mol. The Bertz CT molecular complexity index is 502. The minimum atomic E-state index is -3.92. The third-order valence-corrected chi connectivity index (χ3v) is 4.46. The minimum absolute atomic E-state index is 0.181. The van der Waals surface area contributed by atoms with Crippen LogP contribution in [-0.2, 0) is 10.0 Å². The van der Waals surface area contributed by atoms with Crippen molar-refractivity contribution in [3.63, 3.8) is 0 Å². The van der Waals surface area contributed by atoms with Crippen LogP contribution in [0.2, 0.25) is 0 Å². The largest absolute Gasteiger partial charge is 0.261 e. The van der Waals surface area contributed by atoms with E-state index in [0.29, 0.717) is 12.8 Å². The zero-order valence-corrected chi connectivity index (χ0v) is 9.85. The van der Waals surface area contributed by atoms with Gasteiger partial charge in [0.2, 0.25) is 5.03 Å². The predicted octanol–water partition coefficient (Wildman–Crippen LogP) is 1.27. The first-order valence-electron chi connectivity index (χ1n) is 4.70. The van der Waals surface area contributed by atoms with Gasteiger partial charge in [0, 0.05) is 17.6 Å². The lowest BCUT2D eigenvalue weighted by atomic mass is 10.4. The molecular weight excluding hydrogens is 255 g/mol. The fraction of sp³-hybridized carbons (Fsp3) is 0.444. The fourth-order valence-electron chi connectivity index (χ4n) is 1.32. The summed E-state index contributed by atoms with van der Waals surface area (Å²) in [4.78, 5) is 3.53. The van der Waals surface area contributed by atoms with Gasteiger partial charge < -0.3 is 0 Å². The van der Waals surface area contributed by atoms with Crippen LogP contribution >= 0.6 is 11.6 Å². The van der Waals surface area contributed by atoms with Crippen LogP contribution in [-0.4, -0.2) is 24.8 Å². The minimum Gasteiger partial charge on any atom is -0.241 e. The molecule has 1 aliphatic rings. The zero-order valence-electron chi connectivity index (χ0n) is 8.28. The van der Waals surface area contributed by atoms with E-state index < -0.39 is 26.4 Å². The van der Waals surface area contributed by atoms with Gasteiger partial charge in [-0.15, -0.1) is 11.6 Å². The van der Waals surface area contributed by atoms with Crippen molar-refractivity contribution in [2.45, 2.75) is 23.4 Å². The summed E-state index contributed by atoms with van der Waals surface area (Å²) in [6, 6.07) is 2.39. The Morgan fingerprint density at radius 1 is 1.56 bits per heavy atom. The maximum Gasteiger partial charge on any atom is 0.261 e. The highest BCUT2D eigenvalue weighted by Gasteiger charge is 2.46. The van der Waals surface area contributed by atoms with Crippen LogP contribution < -0.4 is 4.72 Å².